The lowest BCUT2D eigenvalue weighted by atomic mass is 9.80. The zero-order valence-corrected chi connectivity index (χ0v) is 19.0. The highest BCUT2D eigenvalue weighted by molar-refractivity contribution is 7.39. The van der Waals surface area contributed by atoms with E-state index in [1.165, 1.54) is 0 Å². The maximum absolute atomic E-state index is 10.0. The van der Waals surface area contributed by atoms with Crippen LogP contribution in [-0.2, 0) is 10.3 Å². The van der Waals surface area contributed by atoms with Crippen LogP contribution in [0.15, 0.2) is 78.9 Å². The fourth-order valence-electron chi connectivity index (χ4n) is 4.22. The molecular formula is C26H29O4P. The molecule has 4 rings (SSSR count). The van der Waals surface area contributed by atoms with Gasteiger partial charge >= 0.3 is 0 Å². The molecule has 4 nitrogen and oxygen atoms in total. The van der Waals surface area contributed by atoms with Crippen molar-refractivity contribution < 1.29 is 19.3 Å². The monoisotopic (exact) mass is 436 g/mol. The summed E-state index contributed by atoms with van der Waals surface area (Å²) in [6.45, 7) is 0.586. The average Bonchev–Trinajstić information content (AvgIpc) is 3.26. The molecule has 0 radical (unpaired) electrons. The smallest absolute Gasteiger partial charge is 0.143 e. The Kier molecular flexibility index (Phi) is 6.92. The lowest BCUT2D eigenvalue weighted by molar-refractivity contribution is 0.0107. The molecule has 1 unspecified atom stereocenters. The van der Waals surface area contributed by atoms with E-state index in [0.717, 1.165) is 49.4 Å². The van der Waals surface area contributed by atoms with Gasteiger partial charge in [-0.25, -0.2) is 0 Å². The lowest BCUT2D eigenvalue weighted by Crippen LogP contribution is -2.35. The van der Waals surface area contributed by atoms with Crippen LogP contribution in [-0.4, -0.2) is 43.9 Å². The Morgan fingerprint density at radius 3 is 1.77 bits per heavy atom. The van der Waals surface area contributed by atoms with Crippen molar-refractivity contribution in [1.29, 1.82) is 0 Å². The van der Waals surface area contributed by atoms with Crippen LogP contribution in [0, 0.1) is 0 Å². The summed E-state index contributed by atoms with van der Waals surface area (Å²) in [7, 11) is 4.06. The van der Waals surface area contributed by atoms with Crippen LogP contribution >= 0.6 is 8.58 Å². The molecule has 5 heteroatoms. The van der Waals surface area contributed by atoms with Crippen LogP contribution < -0.4 is 9.47 Å². The second kappa shape index (κ2) is 9.82. The molecule has 0 aromatic heterocycles. The van der Waals surface area contributed by atoms with Crippen molar-refractivity contribution in [3.05, 3.63) is 95.6 Å². The van der Waals surface area contributed by atoms with E-state index in [9.17, 15) is 5.11 Å². The Labute approximate surface area is 186 Å². The SMILES string of the molecule is COc1ccc(C(OC[C@@H]2C[C@@H](O)CP2)(c2ccccc2)c2ccc(OC)cc2)cc1. The number of methoxy groups -OCH3 is 2. The van der Waals surface area contributed by atoms with Crippen LogP contribution in [0.1, 0.15) is 23.1 Å². The standard InChI is InChI=1S/C26H29O4P/c1-28-23-12-8-20(9-13-23)26(19-6-4-3-5-7-19,21-10-14-24(29-2)15-11-21)30-17-25-16-22(27)18-31-25/h3-15,22,25,27,31H,16-18H2,1-2H3/t22-,25+/m1/s1. The molecule has 1 saturated heterocycles. The van der Waals surface area contributed by atoms with Crippen molar-refractivity contribution in [1.82, 2.24) is 0 Å². The Hall–Kier alpha value is -2.39. The molecule has 3 atom stereocenters. The third-order valence-electron chi connectivity index (χ3n) is 5.87. The summed E-state index contributed by atoms with van der Waals surface area (Å²) in [5, 5.41) is 10.0. The molecule has 0 amide bonds. The van der Waals surface area contributed by atoms with Crippen molar-refractivity contribution in [2.45, 2.75) is 23.8 Å². The summed E-state index contributed by atoms with van der Waals surface area (Å²) in [5.74, 6) is 1.61. The molecule has 1 heterocycles. The highest BCUT2D eigenvalue weighted by Crippen LogP contribution is 2.43. The van der Waals surface area contributed by atoms with Crippen LogP contribution in [0.3, 0.4) is 0 Å². The van der Waals surface area contributed by atoms with E-state index >= 15 is 0 Å². The van der Waals surface area contributed by atoms with Crippen molar-refractivity contribution in [2.75, 3.05) is 27.0 Å². The Balaban J connectivity index is 1.83. The molecule has 162 valence electrons. The van der Waals surface area contributed by atoms with Gasteiger partial charge in [-0.05, 0) is 53.5 Å². The zero-order chi connectivity index (χ0) is 21.7. The first kappa shape index (κ1) is 21.8. The summed E-state index contributed by atoms with van der Waals surface area (Å²) >= 11 is 0. The van der Waals surface area contributed by atoms with E-state index in [0.29, 0.717) is 12.3 Å². The minimum atomic E-state index is -0.780. The summed E-state index contributed by atoms with van der Waals surface area (Å²) in [6.07, 6.45) is 1.46. The summed E-state index contributed by atoms with van der Waals surface area (Å²) in [6, 6.07) is 26.5. The molecule has 1 aliphatic rings. The maximum atomic E-state index is 10.0. The topological polar surface area (TPSA) is 47.9 Å². The number of benzene rings is 3. The van der Waals surface area contributed by atoms with Gasteiger partial charge in [0.1, 0.15) is 17.1 Å². The van der Waals surface area contributed by atoms with E-state index in [-0.39, 0.29) is 6.10 Å². The van der Waals surface area contributed by atoms with Gasteiger partial charge in [0.2, 0.25) is 0 Å². The number of aliphatic hydroxyl groups is 1. The molecule has 3 aromatic carbocycles. The summed E-state index contributed by atoms with van der Waals surface area (Å²) < 4.78 is 17.7. The molecular weight excluding hydrogens is 407 g/mol. The third kappa shape index (κ3) is 4.62. The quantitative estimate of drug-likeness (QED) is 0.406. The number of rotatable bonds is 8. The molecule has 1 N–H and O–H groups in total. The predicted molar refractivity (Wildman–Crippen MR) is 126 cm³/mol. The Morgan fingerprint density at radius 1 is 0.806 bits per heavy atom. The Morgan fingerprint density at radius 2 is 1.32 bits per heavy atom. The first-order chi connectivity index (χ1) is 15.2. The fourth-order valence-corrected chi connectivity index (χ4v) is 5.64. The van der Waals surface area contributed by atoms with Gasteiger partial charge in [0.15, 0.2) is 0 Å². The van der Waals surface area contributed by atoms with E-state index in [1.807, 2.05) is 42.5 Å². The van der Waals surface area contributed by atoms with Crippen molar-refractivity contribution >= 4 is 8.58 Å². The van der Waals surface area contributed by atoms with Gasteiger partial charge in [0.05, 0.1) is 26.9 Å². The number of ether oxygens (including phenoxy) is 3. The molecule has 31 heavy (non-hydrogen) atoms. The minimum Gasteiger partial charge on any atom is -0.497 e. The number of hydrogen-bond donors (Lipinski definition) is 1. The van der Waals surface area contributed by atoms with Gasteiger partial charge in [0, 0.05) is 5.66 Å². The van der Waals surface area contributed by atoms with Crippen LogP contribution in [0.4, 0.5) is 0 Å². The molecule has 0 bridgehead atoms. The normalized spacial score (nSPS) is 19.5. The molecule has 0 spiro atoms. The minimum absolute atomic E-state index is 0.208. The van der Waals surface area contributed by atoms with Crippen molar-refractivity contribution in [2.24, 2.45) is 0 Å². The van der Waals surface area contributed by atoms with E-state index in [2.05, 4.69) is 36.4 Å². The van der Waals surface area contributed by atoms with Gasteiger partial charge in [-0.3, -0.25) is 0 Å². The lowest BCUT2D eigenvalue weighted by Gasteiger charge is -2.37. The molecule has 0 aliphatic carbocycles. The molecule has 1 aliphatic heterocycles. The Bertz CT molecular complexity index is 909. The summed E-state index contributed by atoms with van der Waals surface area (Å²) in [5.41, 5.74) is 2.72. The third-order valence-corrected chi connectivity index (χ3v) is 7.56. The second-order valence-corrected chi connectivity index (χ2v) is 9.44. The maximum Gasteiger partial charge on any atom is 0.143 e. The van der Waals surface area contributed by atoms with E-state index in [1.54, 1.807) is 14.2 Å². The van der Waals surface area contributed by atoms with Crippen molar-refractivity contribution in [3.8, 4) is 11.5 Å². The zero-order valence-electron chi connectivity index (χ0n) is 18.0. The highest BCUT2D eigenvalue weighted by Gasteiger charge is 2.39. The first-order valence-corrected chi connectivity index (χ1v) is 11.8. The summed E-state index contributed by atoms with van der Waals surface area (Å²) in [4.78, 5) is 0. The van der Waals surface area contributed by atoms with Gasteiger partial charge < -0.3 is 19.3 Å². The van der Waals surface area contributed by atoms with Gasteiger partial charge in [-0.2, -0.15) is 0 Å². The van der Waals surface area contributed by atoms with Crippen molar-refractivity contribution in [3.63, 3.8) is 0 Å². The van der Waals surface area contributed by atoms with E-state index in [4.69, 9.17) is 14.2 Å². The van der Waals surface area contributed by atoms with Gasteiger partial charge in [-0.1, -0.05) is 54.6 Å². The van der Waals surface area contributed by atoms with Crippen LogP contribution in [0.5, 0.6) is 11.5 Å². The molecule has 3 aromatic rings. The number of hydrogen-bond acceptors (Lipinski definition) is 4. The van der Waals surface area contributed by atoms with E-state index < -0.39 is 5.60 Å². The first-order valence-electron chi connectivity index (χ1n) is 10.6. The number of aliphatic hydroxyl groups excluding tert-OH is 1. The molecule has 1 fully saturated rings. The fraction of sp³-hybridized carbons (Fsp3) is 0.308. The van der Waals surface area contributed by atoms with Crippen LogP contribution in [0.2, 0.25) is 0 Å². The molecule has 0 saturated carbocycles. The largest absolute Gasteiger partial charge is 0.497 e. The predicted octanol–water partition coefficient (Wildman–Crippen LogP) is 4.82. The average molecular weight is 436 g/mol. The van der Waals surface area contributed by atoms with Crippen LogP contribution in [0.25, 0.3) is 0 Å². The highest BCUT2D eigenvalue weighted by atomic mass is 31.1. The van der Waals surface area contributed by atoms with Gasteiger partial charge in [-0.15, -0.1) is 8.58 Å². The second-order valence-electron chi connectivity index (χ2n) is 7.81. The van der Waals surface area contributed by atoms with Gasteiger partial charge in [0.25, 0.3) is 0 Å².